The van der Waals surface area contributed by atoms with Gasteiger partial charge in [0.25, 0.3) is 0 Å². The highest BCUT2D eigenvalue weighted by atomic mass is 19.5. The van der Waals surface area contributed by atoms with Crippen LogP contribution in [-0.4, -0.2) is 7.25 Å². The Morgan fingerprint density at radius 3 is 1.71 bits per heavy atom. The first kappa shape index (κ1) is 16.8. The van der Waals surface area contributed by atoms with E-state index in [0.29, 0.717) is 0 Å². The second-order valence-corrected chi connectivity index (χ2v) is 3.92. The summed E-state index contributed by atoms with van der Waals surface area (Å²) in [5, 5.41) is 8.31. The van der Waals surface area contributed by atoms with Gasteiger partial charge in [0.2, 0.25) is 0 Å². The summed E-state index contributed by atoms with van der Waals surface area (Å²) in [5.41, 5.74) is 1.74. The van der Waals surface area contributed by atoms with Crippen LogP contribution in [0.4, 0.5) is 28.6 Å². The van der Waals surface area contributed by atoms with Crippen molar-refractivity contribution in [1.29, 1.82) is 0 Å². The molecule has 0 bridgehead atoms. The van der Waals surface area contributed by atoms with Gasteiger partial charge in [-0.25, -0.2) is 4.57 Å². The van der Waals surface area contributed by atoms with E-state index in [9.17, 15) is 17.3 Å². The third-order valence-corrected chi connectivity index (χ3v) is 2.28. The Morgan fingerprint density at radius 1 is 0.857 bits per heavy atom. The Bertz CT molecular complexity index is 550. The second-order valence-electron chi connectivity index (χ2n) is 3.92. The van der Waals surface area contributed by atoms with Crippen LogP contribution in [0, 0.1) is 0 Å². The average Bonchev–Trinajstić information content (AvgIpc) is 2.45. The van der Waals surface area contributed by atoms with E-state index in [1.807, 2.05) is 54.9 Å². The molecule has 3 nitrogen and oxygen atoms in total. The summed E-state index contributed by atoms with van der Waals surface area (Å²) in [5.74, 6) is 0. The summed E-state index contributed by atoms with van der Waals surface area (Å²) >= 11 is 0. The number of hydrogen-bond acceptors (Lipinski definition) is 2. The van der Waals surface area contributed by atoms with Gasteiger partial charge in [-0.15, -0.1) is 0 Å². The Labute approximate surface area is 120 Å². The van der Waals surface area contributed by atoms with Crippen LogP contribution in [-0.2, 0) is 6.54 Å². The van der Waals surface area contributed by atoms with Crippen molar-refractivity contribution in [3.63, 3.8) is 0 Å². The van der Waals surface area contributed by atoms with E-state index < -0.39 is 7.25 Å². The minimum Gasteiger partial charge on any atom is -0.418 e. The monoisotopic (exact) mass is 299 g/mol. The molecule has 0 spiro atoms. The summed E-state index contributed by atoms with van der Waals surface area (Å²) in [6, 6.07) is 13.6. The number of nitrogens with zero attached hydrogens (tertiary/aromatic N) is 3. The topological polar surface area (TPSA) is 28.6 Å². The van der Waals surface area contributed by atoms with E-state index in [0.717, 1.165) is 17.9 Å². The van der Waals surface area contributed by atoms with Crippen molar-refractivity contribution in [3.8, 4) is 0 Å². The van der Waals surface area contributed by atoms with Gasteiger partial charge in [0.1, 0.15) is 6.54 Å². The molecule has 2 aromatic rings. The fourth-order valence-electron chi connectivity index (χ4n) is 1.34. The standard InChI is InChI=1S/C13H14N3.BF4/c1-2-16-10-8-13(9-11-16)15-14-12-6-4-3-5-7-12;2-1(3,4)5/h3-11H,2H2,1H3;/q+1;-1. The highest BCUT2D eigenvalue weighted by Gasteiger charge is 2.20. The van der Waals surface area contributed by atoms with Gasteiger partial charge in [-0.1, -0.05) is 18.2 Å². The van der Waals surface area contributed by atoms with Gasteiger partial charge in [0.05, 0.1) is 11.4 Å². The number of halogens is 4. The van der Waals surface area contributed by atoms with Crippen LogP contribution in [0.15, 0.2) is 65.1 Å². The van der Waals surface area contributed by atoms with Crippen molar-refractivity contribution >= 4 is 18.6 Å². The van der Waals surface area contributed by atoms with E-state index in [2.05, 4.69) is 21.7 Å². The molecule has 0 saturated heterocycles. The van der Waals surface area contributed by atoms with Crippen molar-refractivity contribution in [2.24, 2.45) is 10.2 Å². The third kappa shape index (κ3) is 8.51. The molecule has 0 aliphatic rings. The molecule has 21 heavy (non-hydrogen) atoms. The van der Waals surface area contributed by atoms with Crippen LogP contribution in [0.25, 0.3) is 0 Å². The fraction of sp³-hybridized carbons (Fsp3) is 0.154. The zero-order valence-corrected chi connectivity index (χ0v) is 11.3. The van der Waals surface area contributed by atoms with Crippen LogP contribution >= 0.6 is 0 Å². The van der Waals surface area contributed by atoms with Crippen LogP contribution in [0.2, 0.25) is 0 Å². The molecule has 0 N–H and O–H groups in total. The molecule has 8 heteroatoms. The van der Waals surface area contributed by atoms with Crippen LogP contribution in [0.5, 0.6) is 0 Å². The molecule has 1 aromatic heterocycles. The number of aromatic nitrogens is 1. The predicted molar refractivity (Wildman–Crippen MR) is 73.1 cm³/mol. The van der Waals surface area contributed by atoms with Gasteiger partial charge >= 0.3 is 7.25 Å². The fourth-order valence-corrected chi connectivity index (χ4v) is 1.34. The van der Waals surface area contributed by atoms with E-state index in [-0.39, 0.29) is 0 Å². The van der Waals surface area contributed by atoms with Gasteiger partial charge < -0.3 is 17.3 Å². The lowest BCUT2D eigenvalue weighted by atomic mass is 10.3. The van der Waals surface area contributed by atoms with Gasteiger partial charge in [0.15, 0.2) is 12.4 Å². The van der Waals surface area contributed by atoms with Gasteiger partial charge in [-0.05, 0) is 19.1 Å². The van der Waals surface area contributed by atoms with Crippen LogP contribution in [0.3, 0.4) is 0 Å². The molecule has 0 unspecified atom stereocenters. The Morgan fingerprint density at radius 2 is 1.29 bits per heavy atom. The summed E-state index contributed by atoms with van der Waals surface area (Å²) in [7, 11) is -6.00. The summed E-state index contributed by atoms with van der Waals surface area (Å²) < 4.78 is 41.1. The summed E-state index contributed by atoms with van der Waals surface area (Å²) in [4.78, 5) is 0. The first-order valence-corrected chi connectivity index (χ1v) is 6.21. The number of benzene rings is 1. The number of aryl methyl sites for hydroxylation is 1. The molecule has 0 saturated carbocycles. The number of hydrogen-bond donors (Lipinski definition) is 0. The lowest BCUT2D eigenvalue weighted by Crippen LogP contribution is -2.30. The second kappa shape index (κ2) is 8.13. The first-order valence-electron chi connectivity index (χ1n) is 6.21. The lowest BCUT2D eigenvalue weighted by molar-refractivity contribution is -0.693. The minimum absolute atomic E-state index is 0.869. The highest BCUT2D eigenvalue weighted by molar-refractivity contribution is 6.50. The van der Waals surface area contributed by atoms with Crippen molar-refractivity contribution in [3.05, 3.63) is 54.9 Å². The van der Waals surface area contributed by atoms with E-state index in [1.54, 1.807) is 0 Å². The van der Waals surface area contributed by atoms with E-state index in [1.165, 1.54) is 0 Å². The lowest BCUT2D eigenvalue weighted by Gasteiger charge is -1.94. The van der Waals surface area contributed by atoms with Crippen molar-refractivity contribution < 1.29 is 21.8 Å². The largest absolute Gasteiger partial charge is 0.673 e. The maximum absolute atomic E-state index is 9.75. The van der Waals surface area contributed by atoms with Crippen LogP contribution in [0.1, 0.15) is 6.92 Å². The molecule has 0 aliphatic carbocycles. The smallest absolute Gasteiger partial charge is 0.418 e. The van der Waals surface area contributed by atoms with Crippen molar-refractivity contribution in [2.75, 3.05) is 0 Å². The Hall–Kier alpha value is -2.25. The first-order chi connectivity index (χ1) is 9.88. The van der Waals surface area contributed by atoms with Gasteiger partial charge in [0, 0.05) is 12.1 Å². The number of rotatable bonds is 3. The molecular weight excluding hydrogens is 285 g/mol. The minimum atomic E-state index is -6.00. The van der Waals surface area contributed by atoms with E-state index >= 15 is 0 Å². The highest BCUT2D eigenvalue weighted by Crippen LogP contribution is 2.15. The molecule has 112 valence electrons. The normalized spacial score (nSPS) is 11.1. The predicted octanol–water partition coefficient (Wildman–Crippen LogP) is 4.71. The van der Waals surface area contributed by atoms with Crippen LogP contribution < -0.4 is 4.57 Å². The molecule has 0 aliphatic heterocycles. The molecule has 0 atom stereocenters. The number of pyridine rings is 1. The van der Waals surface area contributed by atoms with Crippen molar-refractivity contribution in [2.45, 2.75) is 13.5 Å². The molecule has 0 radical (unpaired) electrons. The Kier molecular flexibility index (Phi) is 6.51. The molecule has 0 fully saturated rings. The number of azo groups is 1. The SMILES string of the molecule is CC[n+]1ccc(N=Nc2ccccc2)cc1.F[B-](F)(F)F. The quantitative estimate of drug-likeness (QED) is 0.340. The van der Waals surface area contributed by atoms with Crippen molar-refractivity contribution in [1.82, 2.24) is 0 Å². The zero-order valence-electron chi connectivity index (χ0n) is 11.3. The molecule has 1 heterocycles. The Balaban J connectivity index is 0.000000383. The maximum Gasteiger partial charge on any atom is 0.673 e. The molecule has 2 rings (SSSR count). The average molecular weight is 299 g/mol. The molecule has 0 amide bonds. The molecule has 1 aromatic carbocycles. The third-order valence-electron chi connectivity index (χ3n) is 2.28. The van der Waals surface area contributed by atoms with Gasteiger partial charge in [-0.3, -0.25) is 0 Å². The molecular formula is C13H14BF4N3. The van der Waals surface area contributed by atoms with Gasteiger partial charge in [-0.2, -0.15) is 10.2 Å². The van der Waals surface area contributed by atoms with E-state index in [4.69, 9.17) is 0 Å². The summed E-state index contributed by atoms with van der Waals surface area (Å²) in [6.45, 7) is 3.07. The summed E-state index contributed by atoms with van der Waals surface area (Å²) in [6.07, 6.45) is 4.00. The zero-order chi connectivity index (χ0) is 15.7. The maximum atomic E-state index is 9.75.